The van der Waals surface area contributed by atoms with Crippen molar-refractivity contribution >= 4 is 11.5 Å². The summed E-state index contributed by atoms with van der Waals surface area (Å²) in [6.45, 7) is 6.99. The van der Waals surface area contributed by atoms with Crippen LogP contribution < -0.4 is 9.47 Å². The van der Waals surface area contributed by atoms with Crippen LogP contribution >= 0.6 is 0 Å². The number of hydrogen-bond acceptors (Lipinski definition) is 4. The molecule has 0 aromatic heterocycles. The topological polar surface area (TPSA) is 42.0 Å². The van der Waals surface area contributed by atoms with Crippen LogP contribution in [0.1, 0.15) is 19.4 Å². The molecule has 1 aliphatic rings. The summed E-state index contributed by atoms with van der Waals surface area (Å²) < 4.78 is 11.1. The van der Waals surface area contributed by atoms with Crippen LogP contribution in [-0.4, -0.2) is 63.2 Å². The largest absolute Gasteiger partial charge is 0.496 e. The Morgan fingerprint density at radius 2 is 1.79 bits per heavy atom. The van der Waals surface area contributed by atoms with Crippen molar-refractivity contribution < 1.29 is 14.3 Å². The van der Waals surface area contributed by atoms with E-state index in [1.54, 1.807) is 14.2 Å². The Balaban J connectivity index is 2.44. The number of rotatable bonds is 6. The van der Waals surface area contributed by atoms with Gasteiger partial charge >= 0.3 is 0 Å². The summed E-state index contributed by atoms with van der Waals surface area (Å²) in [5, 5.41) is 0. The summed E-state index contributed by atoms with van der Waals surface area (Å²) in [6, 6.07) is 5.76. The molecule has 0 fully saturated rings. The Bertz CT molecular complexity index is 586. The monoisotopic (exact) mass is 332 g/mol. The third-order valence-corrected chi connectivity index (χ3v) is 4.49. The van der Waals surface area contributed by atoms with Gasteiger partial charge in [-0.05, 0) is 38.6 Å². The van der Waals surface area contributed by atoms with Gasteiger partial charge in [0, 0.05) is 26.2 Å². The van der Waals surface area contributed by atoms with Gasteiger partial charge in [0.15, 0.2) is 0 Å². The zero-order valence-corrected chi connectivity index (χ0v) is 15.3. The lowest BCUT2D eigenvalue weighted by atomic mass is 9.93. The maximum Gasteiger partial charge on any atom is 0.230 e. The quantitative estimate of drug-likeness (QED) is 0.803. The van der Waals surface area contributed by atoms with Crippen molar-refractivity contribution in [1.29, 1.82) is 0 Å². The van der Waals surface area contributed by atoms with Crippen molar-refractivity contribution in [1.82, 2.24) is 9.80 Å². The summed E-state index contributed by atoms with van der Waals surface area (Å²) >= 11 is 0. The third kappa shape index (κ3) is 3.73. The van der Waals surface area contributed by atoms with Crippen LogP contribution in [0.4, 0.5) is 0 Å². The molecule has 5 heteroatoms. The fraction of sp³-hybridized carbons (Fsp3) is 0.526. The van der Waals surface area contributed by atoms with E-state index < -0.39 is 0 Å². The van der Waals surface area contributed by atoms with Crippen molar-refractivity contribution in [2.75, 3.05) is 47.4 Å². The normalized spacial score (nSPS) is 18.0. The lowest BCUT2D eigenvalue weighted by molar-refractivity contribution is -0.134. The van der Waals surface area contributed by atoms with Crippen LogP contribution in [0.5, 0.6) is 11.5 Å². The maximum absolute atomic E-state index is 12.8. The van der Waals surface area contributed by atoms with Gasteiger partial charge < -0.3 is 19.3 Å². The van der Waals surface area contributed by atoms with Gasteiger partial charge in [0.1, 0.15) is 11.5 Å². The molecule has 0 radical (unpaired) electrons. The Hall–Kier alpha value is -2.01. The molecule has 1 aliphatic heterocycles. The average molecular weight is 332 g/mol. The van der Waals surface area contributed by atoms with Gasteiger partial charge in [-0.2, -0.15) is 0 Å². The third-order valence-electron chi connectivity index (χ3n) is 4.49. The number of hydrogen-bond donors (Lipinski definition) is 0. The highest BCUT2D eigenvalue weighted by Crippen LogP contribution is 2.37. The van der Waals surface area contributed by atoms with Gasteiger partial charge in [0.2, 0.25) is 5.91 Å². The zero-order valence-electron chi connectivity index (χ0n) is 15.3. The van der Waals surface area contributed by atoms with E-state index in [2.05, 4.69) is 11.0 Å². The first-order valence-corrected chi connectivity index (χ1v) is 8.45. The Kier molecular flexibility index (Phi) is 6.26. The predicted molar refractivity (Wildman–Crippen MR) is 96.4 cm³/mol. The van der Waals surface area contributed by atoms with Crippen LogP contribution in [0, 0.1) is 5.92 Å². The smallest absolute Gasteiger partial charge is 0.230 e. The van der Waals surface area contributed by atoms with E-state index >= 15 is 0 Å². The molecular weight excluding hydrogens is 304 g/mol. The number of benzene rings is 1. The first-order valence-electron chi connectivity index (χ1n) is 8.45. The molecule has 1 unspecified atom stereocenters. The van der Waals surface area contributed by atoms with Crippen LogP contribution in [0.3, 0.4) is 0 Å². The summed E-state index contributed by atoms with van der Waals surface area (Å²) in [6.07, 6.45) is 2.08. The van der Waals surface area contributed by atoms with Crippen LogP contribution in [0.25, 0.3) is 5.57 Å². The Morgan fingerprint density at radius 1 is 1.21 bits per heavy atom. The average Bonchev–Trinajstić information content (AvgIpc) is 2.61. The fourth-order valence-electron chi connectivity index (χ4n) is 3.29. The molecule has 0 bridgehead atoms. The Labute approximate surface area is 144 Å². The van der Waals surface area contributed by atoms with E-state index in [1.165, 1.54) is 0 Å². The number of ether oxygens (including phenoxy) is 2. The minimum atomic E-state index is -0.145. The molecule has 1 heterocycles. The Morgan fingerprint density at radius 3 is 2.29 bits per heavy atom. The van der Waals surface area contributed by atoms with Crippen LogP contribution in [0.15, 0.2) is 24.3 Å². The highest BCUT2D eigenvalue weighted by Gasteiger charge is 2.28. The first-order chi connectivity index (χ1) is 11.5. The fourth-order valence-corrected chi connectivity index (χ4v) is 3.29. The van der Waals surface area contributed by atoms with Crippen molar-refractivity contribution in [3.63, 3.8) is 0 Å². The summed E-state index contributed by atoms with van der Waals surface area (Å²) in [4.78, 5) is 16.8. The number of likely N-dealkylation sites (N-methyl/N-ethyl adjacent to an activating group) is 1. The zero-order chi connectivity index (χ0) is 17.7. The summed E-state index contributed by atoms with van der Waals surface area (Å²) in [5.74, 6) is 1.57. The highest BCUT2D eigenvalue weighted by atomic mass is 16.5. The second-order valence-corrected chi connectivity index (χ2v) is 6.04. The van der Waals surface area contributed by atoms with E-state index in [-0.39, 0.29) is 11.8 Å². The standard InChI is InChI=1S/C19H28N2O3/c1-6-21(7-2)19(22)15-11-14(12-20(3)13-15)18-16(23-4)9-8-10-17(18)24-5/h8-11,15H,6-7,12-13H2,1-5H3. The molecule has 1 aromatic rings. The first kappa shape index (κ1) is 18.3. The van der Waals surface area contributed by atoms with Gasteiger partial charge in [-0.25, -0.2) is 0 Å². The number of nitrogens with zero attached hydrogens (tertiary/aromatic N) is 2. The van der Waals surface area contributed by atoms with E-state index in [0.717, 1.165) is 48.8 Å². The highest BCUT2D eigenvalue weighted by molar-refractivity contribution is 5.86. The molecule has 0 saturated carbocycles. The summed E-state index contributed by atoms with van der Waals surface area (Å²) in [5.41, 5.74) is 2.01. The van der Waals surface area contributed by atoms with Crippen LogP contribution in [0.2, 0.25) is 0 Å². The van der Waals surface area contributed by atoms with Gasteiger partial charge in [-0.15, -0.1) is 0 Å². The van der Waals surface area contributed by atoms with Crippen LogP contribution in [-0.2, 0) is 4.79 Å². The lowest BCUT2D eigenvalue weighted by Gasteiger charge is -2.32. The molecular formula is C19H28N2O3. The molecule has 2 rings (SSSR count). The molecule has 132 valence electrons. The summed E-state index contributed by atoms with van der Waals surface area (Å²) in [7, 11) is 5.35. The number of amides is 1. The predicted octanol–water partition coefficient (Wildman–Crippen LogP) is 2.52. The number of carbonyl (C=O) groups excluding carboxylic acids is 1. The minimum absolute atomic E-state index is 0.145. The van der Waals surface area contributed by atoms with E-state index in [9.17, 15) is 4.79 Å². The second-order valence-electron chi connectivity index (χ2n) is 6.04. The van der Waals surface area contributed by atoms with Crippen molar-refractivity contribution in [3.05, 3.63) is 29.8 Å². The molecule has 0 spiro atoms. The molecule has 24 heavy (non-hydrogen) atoms. The van der Waals surface area contributed by atoms with Gasteiger partial charge in [-0.1, -0.05) is 12.1 Å². The second kappa shape index (κ2) is 8.20. The van der Waals surface area contributed by atoms with Gasteiger partial charge in [-0.3, -0.25) is 4.79 Å². The van der Waals surface area contributed by atoms with Crippen molar-refractivity contribution in [2.45, 2.75) is 13.8 Å². The maximum atomic E-state index is 12.8. The number of carbonyl (C=O) groups is 1. The molecule has 1 amide bonds. The molecule has 0 N–H and O–H groups in total. The van der Waals surface area contributed by atoms with E-state index in [1.807, 2.05) is 44.0 Å². The van der Waals surface area contributed by atoms with Gasteiger partial charge in [0.05, 0.1) is 25.7 Å². The van der Waals surface area contributed by atoms with Crippen molar-refractivity contribution in [3.8, 4) is 11.5 Å². The SMILES string of the molecule is CCN(CC)C(=O)C1C=C(c2c(OC)cccc2OC)CN(C)C1. The van der Waals surface area contributed by atoms with E-state index in [4.69, 9.17) is 9.47 Å². The minimum Gasteiger partial charge on any atom is -0.496 e. The molecule has 0 aliphatic carbocycles. The van der Waals surface area contributed by atoms with Crippen molar-refractivity contribution in [2.24, 2.45) is 5.92 Å². The molecule has 0 saturated heterocycles. The van der Waals surface area contributed by atoms with Gasteiger partial charge in [0.25, 0.3) is 0 Å². The lowest BCUT2D eigenvalue weighted by Crippen LogP contribution is -2.42. The molecule has 1 aromatic carbocycles. The molecule has 1 atom stereocenters. The van der Waals surface area contributed by atoms with E-state index in [0.29, 0.717) is 0 Å². The number of methoxy groups -OCH3 is 2. The molecule has 5 nitrogen and oxygen atoms in total.